The predicted molar refractivity (Wildman–Crippen MR) is 110 cm³/mol. The molecule has 0 spiro atoms. The van der Waals surface area contributed by atoms with Crippen molar-refractivity contribution in [2.24, 2.45) is 4.99 Å². The van der Waals surface area contributed by atoms with E-state index < -0.39 is 0 Å². The summed E-state index contributed by atoms with van der Waals surface area (Å²) >= 11 is 0. The summed E-state index contributed by atoms with van der Waals surface area (Å²) in [5, 5.41) is 6.47. The molecular weight excluding hydrogens is 336 g/mol. The zero-order valence-electron chi connectivity index (χ0n) is 15.5. The summed E-state index contributed by atoms with van der Waals surface area (Å²) in [7, 11) is 0. The summed E-state index contributed by atoms with van der Waals surface area (Å²) in [4.78, 5) is 19.4. The number of carbonyl (C=O) groups is 1. The molecule has 4 rings (SSSR count). The lowest BCUT2D eigenvalue weighted by molar-refractivity contribution is -0.116. The number of fused-ring (bicyclic) bond motifs is 1. The van der Waals surface area contributed by atoms with E-state index in [1.54, 1.807) is 0 Å². The lowest BCUT2D eigenvalue weighted by Gasteiger charge is -2.31. The molecule has 1 fully saturated rings. The van der Waals surface area contributed by atoms with Gasteiger partial charge in [0.15, 0.2) is 5.96 Å². The van der Waals surface area contributed by atoms with Crippen LogP contribution >= 0.6 is 0 Å². The van der Waals surface area contributed by atoms with Crippen LogP contribution in [-0.4, -0.2) is 36.4 Å². The molecule has 2 N–H and O–H groups in total. The number of guanidine groups is 1. The number of benzene rings is 2. The van der Waals surface area contributed by atoms with Gasteiger partial charge in [0.25, 0.3) is 0 Å². The standard InChI is InChI=1S/C22H26N4O/c27-21-15-17(19-11-5-6-12-20(19)25-21)16-23-22(26-13-7-2-8-14-26)24-18-9-3-1-4-10-18/h1,3-6,9-12,17H,2,7-8,13-16H2,(H,23,24)(H,25,27). The average molecular weight is 362 g/mol. The Bertz CT molecular complexity index is 812. The summed E-state index contributed by atoms with van der Waals surface area (Å²) in [6.45, 7) is 2.66. The van der Waals surface area contributed by atoms with Gasteiger partial charge in [-0.15, -0.1) is 0 Å². The number of rotatable bonds is 3. The van der Waals surface area contributed by atoms with Crippen LogP contribution in [0.3, 0.4) is 0 Å². The van der Waals surface area contributed by atoms with E-state index in [1.165, 1.54) is 24.8 Å². The molecule has 0 saturated carbocycles. The Kier molecular flexibility index (Phi) is 5.37. The maximum Gasteiger partial charge on any atom is 0.225 e. The Morgan fingerprint density at radius 1 is 1.04 bits per heavy atom. The van der Waals surface area contributed by atoms with E-state index in [0.29, 0.717) is 13.0 Å². The molecule has 2 aromatic rings. The van der Waals surface area contributed by atoms with Gasteiger partial charge >= 0.3 is 0 Å². The highest BCUT2D eigenvalue weighted by molar-refractivity contribution is 5.95. The van der Waals surface area contributed by atoms with E-state index in [1.807, 2.05) is 36.4 Å². The number of piperidine rings is 1. The van der Waals surface area contributed by atoms with Gasteiger partial charge in [0, 0.05) is 36.8 Å². The predicted octanol–water partition coefficient (Wildman–Crippen LogP) is 4.07. The van der Waals surface area contributed by atoms with Crippen LogP contribution in [0.1, 0.15) is 37.2 Å². The van der Waals surface area contributed by atoms with Crippen molar-refractivity contribution in [1.82, 2.24) is 4.90 Å². The van der Waals surface area contributed by atoms with Gasteiger partial charge in [0.2, 0.25) is 5.91 Å². The van der Waals surface area contributed by atoms with Crippen LogP contribution in [0.2, 0.25) is 0 Å². The van der Waals surface area contributed by atoms with Crippen LogP contribution in [-0.2, 0) is 4.79 Å². The number of anilines is 2. The minimum absolute atomic E-state index is 0.0736. The highest BCUT2D eigenvalue weighted by Gasteiger charge is 2.25. The monoisotopic (exact) mass is 362 g/mol. The van der Waals surface area contributed by atoms with E-state index in [2.05, 4.69) is 33.7 Å². The van der Waals surface area contributed by atoms with E-state index in [0.717, 1.165) is 30.4 Å². The van der Waals surface area contributed by atoms with Gasteiger partial charge in [-0.25, -0.2) is 0 Å². The Labute approximate surface area is 160 Å². The first kappa shape index (κ1) is 17.6. The van der Waals surface area contributed by atoms with Crippen molar-refractivity contribution in [3.8, 4) is 0 Å². The fourth-order valence-electron chi connectivity index (χ4n) is 3.84. The van der Waals surface area contributed by atoms with Crippen molar-refractivity contribution in [3.05, 3.63) is 60.2 Å². The Hall–Kier alpha value is -2.82. The summed E-state index contributed by atoms with van der Waals surface area (Å²) in [6, 6.07) is 18.2. The zero-order chi connectivity index (χ0) is 18.5. The maximum absolute atomic E-state index is 12.1. The van der Waals surface area contributed by atoms with Gasteiger partial charge in [-0.1, -0.05) is 36.4 Å². The average Bonchev–Trinajstić information content (AvgIpc) is 2.72. The number of nitrogens with one attached hydrogen (secondary N) is 2. The van der Waals surface area contributed by atoms with Gasteiger partial charge in [-0.05, 0) is 43.0 Å². The molecule has 2 aliphatic rings. The van der Waals surface area contributed by atoms with Crippen LogP contribution in [0, 0.1) is 0 Å². The molecule has 0 aromatic heterocycles. The molecule has 140 valence electrons. The number of hydrogen-bond donors (Lipinski definition) is 2. The van der Waals surface area contributed by atoms with Crippen LogP contribution in [0.4, 0.5) is 11.4 Å². The van der Waals surface area contributed by atoms with Crippen LogP contribution in [0.25, 0.3) is 0 Å². The third-order valence-corrected chi connectivity index (χ3v) is 5.25. The van der Waals surface area contributed by atoms with Gasteiger partial charge in [-0.3, -0.25) is 9.79 Å². The molecule has 5 heteroatoms. The van der Waals surface area contributed by atoms with Crippen LogP contribution in [0.15, 0.2) is 59.6 Å². The van der Waals surface area contributed by atoms with E-state index in [4.69, 9.17) is 4.99 Å². The third kappa shape index (κ3) is 4.30. The summed E-state index contributed by atoms with van der Waals surface area (Å²) in [5.74, 6) is 1.11. The third-order valence-electron chi connectivity index (χ3n) is 5.25. The normalized spacial score (nSPS) is 20.0. The minimum atomic E-state index is 0.0736. The molecule has 2 aliphatic heterocycles. The lowest BCUT2D eigenvalue weighted by Crippen LogP contribution is -2.40. The SMILES string of the molecule is O=C1CC(CN=C(Nc2ccccc2)N2CCCCC2)c2ccccc2N1. The fraction of sp³-hybridized carbons (Fsp3) is 0.364. The van der Waals surface area contributed by atoms with Crippen molar-refractivity contribution in [3.63, 3.8) is 0 Å². The molecule has 27 heavy (non-hydrogen) atoms. The first-order chi connectivity index (χ1) is 13.3. The van der Waals surface area contributed by atoms with Gasteiger partial charge < -0.3 is 15.5 Å². The Morgan fingerprint density at radius 2 is 1.78 bits per heavy atom. The summed E-state index contributed by atoms with van der Waals surface area (Å²) in [6.07, 6.45) is 4.17. The first-order valence-electron chi connectivity index (χ1n) is 9.80. The smallest absolute Gasteiger partial charge is 0.225 e. The summed E-state index contributed by atoms with van der Waals surface area (Å²) in [5.41, 5.74) is 3.15. The molecule has 2 aromatic carbocycles. The van der Waals surface area contributed by atoms with Crippen LogP contribution in [0.5, 0.6) is 0 Å². The molecule has 1 unspecified atom stereocenters. The molecule has 0 bridgehead atoms. The number of para-hydroxylation sites is 2. The summed E-state index contributed by atoms with van der Waals surface area (Å²) < 4.78 is 0. The number of nitrogens with zero attached hydrogens (tertiary/aromatic N) is 2. The second-order valence-electron chi connectivity index (χ2n) is 7.24. The second-order valence-corrected chi connectivity index (χ2v) is 7.24. The van der Waals surface area contributed by atoms with Gasteiger partial charge in [-0.2, -0.15) is 0 Å². The Morgan fingerprint density at radius 3 is 2.59 bits per heavy atom. The number of aliphatic imine (C=N–C) groups is 1. The topological polar surface area (TPSA) is 56.7 Å². The van der Waals surface area contributed by atoms with Crippen molar-refractivity contribution < 1.29 is 4.79 Å². The molecule has 1 saturated heterocycles. The molecule has 2 heterocycles. The quantitative estimate of drug-likeness (QED) is 0.639. The highest BCUT2D eigenvalue weighted by Crippen LogP contribution is 2.32. The Balaban J connectivity index is 1.56. The van der Waals surface area contributed by atoms with Crippen LogP contribution < -0.4 is 10.6 Å². The molecule has 0 aliphatic carbocycles. The van der Waals surface area contributed by atoms with Crippen molar-refractivity contribution in [1.29, 1.82) is 0 Å². The van der Waals surface area contributed by atoms with Gasteiger partial charge in [0.05, 0.1) is 6.54 Å². The van der Waals surface area contributed by atoms with Gasteiger partial charge in [0.1, 0.15) is 0 Å². The van der Waals surface area contributed by atoms with E-state index in [-0.39, 0.29) is 11.8 Å². The van der Waals surface area contributed by atoms with Crippen molar-refractivity contribution >= 4 is 23.2 Å². The molecular formula is C22H26N4O. The number of hydrogen-bond acceptors (Lipinski definition) is 2. The zero-order valence-corrected chi connectivity index (χ0v) is 15.5. The fourth-order valence-corrected chi connectivity index (χ4v) is 3.84. The maximum atomic E-state index is 12.1. The van der Waals surface area contributed by atoms with E-state index in [9.17, 15) is 4.79 Å². The largest absolute Gasteiger partial charge is 0.343 e. The minimum Gasteiger partial charge on any atom is -0.343 e. The molecule has 1 atom stereocenters. The van der Waals surface area contributed by atoms with Crippen molar-refractivity contribution in [2.75, 3.05) is 30.3 Å². The van der Waals surface area contributed by atoms with E-state index >= 15 is 0 Å². The number of amides is 1. The first-order valence-corrected chi connectivity index (χ1v) is 9.80. The number of likely N-dealkylation sites (tertiary alicyclic amines) is 1. The van der Waals surface area contributed by atoms with Crippen molar-refractivity contribution in [2.45, 2.75) is 31.6 Å². The highest BCUT2D eigenvalue weighted by atomic mass is 16.1. The lowest BCUT2D eigenvalue weighted by atomic mass is 9.91. The molecule has 1 amide bonds. The number of carbonyl (C=O) groups excluding carboxylic acids is 1. The molecule has 0 radical (unpaired) electrons. The molecule has 5 nitrogen and oxygen atoms in total. The second kappa shape index (κ2) is 8.25.